The van der Waals surface area contributed by atoms with E-state index in [1.807, 2.05) is 0 Å². The second-order valence-corrected chi connectivity index (χ2v) is 11.1. The zero-order chi connectivity index (χ0) is 26.9. The number of aromatic nitrogens is 1. The zero-order valence-electron chi connectivity index (χ0n) is 20.0. The van der Waals surface area contributed by atoms with Crippen LogP contribution < -0.4 is 0 Å². The lowest BCUT2D eigenvalue weighted by Crippen LogP contribution is -2.60. The predicted molar refractivity (Wildman–Crippen MR) is 140 cm³/mol. The van der Waals surface area contributed by atoms with Gasteiger partial charge in [-0.15, -0.1) is 6.58 Å². The summed E-state index contributed by atoms with van der Waals surface area (Å²) in [6, 6.07) is 11.8. The fourth-order valence-electron chi connectivity index (χ4n) is 4.19. The molecule has 10 nitrogen and oxygen atoms in total. The van der Waals surface area contributed by atoms with Gasteiger partial charge in [-0.05, 0) is 29.8 Å². The van der Waals surface area contributed by atoms with Crippen molar-refractivity contribution in [3.8, 4) is 0 Å². The molecule has 37 heavy (non-hydrogen) atoms. The van der Waals surface area contributed by atoms with Gasteiger partial charge in [-0.2, -0.15) is 4.31 Å². The molecular weight excluding hydrogens is 518 g/mol. The van der Waals surface area contributed by atoms with Gasteiger partial charge >= 0.3 is 5.97 Å². The Bertz CT molecular complexity index is 1480. The van der Waals surface area contributed by atoms with Gasteiger partial charge in [0.25, 0.3) is 10.0 Å². The molecule has 4 rings (SSSR count). The van der Waals surface area contributed by atoms with E-state index in [4.69, 9.17) is 17.0 Å². The number of sulfonamides is 1. The molecule has 0 radical (unpaired) electrons. The largest absolute Gasteiger partial charge is 0.480 e. The molecule has 0 unspecified atom stereocenters. The number of benzene rings is 2. The number of fused-ring (bicyclic) bond motifs is 1. The maximum atomic E-state index is 13.3. The minimum absolute atomic E-state index is 0.00924. The number of carboxylic acids is 1. The lowest BCUT2D eigenvalue weighted by molar-refractivity contribution is -0.154. The highest BCUT2D eigenvalue weighted by atomic mass is 35.5. The highest BCUT2D eigenvalue weighted by molar-refractivity contribution is 7.89. The summed E-state index contributed by atoms with van der Waals surface area (Å²) in [6.07, 6.45) is 1.69. The van der Waals surface area contributed by atoms with E-state index in [1.54, 1.807) is 60.5 Å². The number of aliphatic carboxylic acids is 1. The number of carbonyl (C=O) groups is 2. The van der Waals surface area contributed by atoms with Gasteiger partial charge in [0, 0.05) is 48.2 Å². The minimum Gasteiger partial charge on any atom is -0.480 e. The molecule has 1 saturated heterocycles. The molecule has 1 aliphatic rings. The van der Waals surface area contributed by atoms with Crippen LogP contribution in [-0.2, 0) is 26.2 Å². The van der Waals surface area contributed by atoms with Crippen molar-refractivity contribution >= 4 is 50.2 Å². The van der Waals surface area contributed by atoms with Crippen LogP contribution in [0.3, 0.4) is 0 Å². The molecule has 3 N–H and O–H groups in total. The molecule has 0 bridgehead atoms. The number of nitrogens with one attached hydrogen (secondary N) is 2. The van der Waals surface area contributed by atoms with Crippen LogP contribution in [0.4, 0.5) is 0 Å². The maximum Gasteiger partial charge on any atom is 0.327 e. The molecule has 1 amide bonds. The summed E-state index contributed by atoms with van der Waals surface area (Å²) in [7, 11) is -2.40. The van der Waals surface area contributed by atoms with Crippen molar-refractivity contribution < 1.29 is 23.1 Å². The summed E-state index contributed by atoms with van der Waals surface area (Å²) in [5.74, 6) is -1.63. The Labute approximate surface area is 219 Å². The zero-order valence-corrected chi connectivity index (χ0v) is 21.6. The number of piperazine rings is 1. The van der Waals surface area contributed by atoms with Crippen molar-refractivity contribution in [1.29, 1.82) is 5.41 Å². The quantitative estimate of drug-likeness (QED) is 0.227. The van der Waals surface area contributed by atoms with Crippen LogP contribution in [0.2, 0.25) is 5.02 Å². The molecule has 1 aromatic heterocycles. The third-order valence-corrected chi connectivity index (χ3v) is 8.18. The van der Waals surface area contributed by atoms with Crippen molar-refractivity contribution in [1.82, 2.24) is 19.1 Å². The first-order chi connectivity index (χ1) is 17.5. The summed E-state index contributed by atoms with van der Waals surface area (Å²) < 4.78 is 27.5. The van der Waals surface area contributed by atoms with Gasteiger partial charge in [0.05, 0.1) is 6.54 Å². The Kier molecular flexibility index (Phi) is 7.39. The smallest absolute Gasteiger partial charge is 0.327 e. The van der Waals surface area contributed by atoms with Gasteiger partial charge in [0.15, 0.2) is 0 Å². The van der Waals surface area contributed by atoms with Crippen molar-refractivity contribution in [3.05, 3.63) is 77.3 Å². The van der Waals surface area contributed by atoms with Gasteiger partial charge in [-0.3, -0.25) is 10.2 Å². The molecule has 1 aliphatic heterocycles. The van der Waals surface area contributed by atoms with Crippen LogP contribution in [0.25, 0.3) is 10.9 Å². The van der Waals surface area contributed by atoms with Gasteiger partial charge in [0.1, 0.15) is 16.9 Å². The third-order valence-electron chi connectivity index (χ3n) is 6.21. The number of rotatable bonds is 8. The summed E-state index contributed by atoms with van der Waals surface area (Å²) in [4.78, 5) is 30.8. The Morgan fingerprint density at radius 1 is 1.27 bits per heavy atom. The number of nitrogens with zero attached hydrogens (tertiary/aromatic N) is 3. The van der Waals surface area contributed by atoms with Gasteiger partial charge in [-0.25, -0.2) is 13.2 Å². The van der Waals surface area contributed by atoms with E-state index < -0.39 is 41.0 Å². The lowest BCUT2D eigenvalue weighted by Gasteiger charge is -2.38. The first-order valence-electron chi connectivity index (χ1n) is 11.3. The Morgan fingerprint density at radius 2 is 1.97 bits per heavy atom. The van der Waals surface area contributed by atoms with Crippen molar-refractivity contribution in [2.24, 2.45) is 0 Å². The summed E-state index contributed by atoms with van der Waals surface area (Å²) >= 11 is 5.99. The molecule has 0 spiro atoms. The monoisotopic (exact) mass is 543 g/mol. The number of carboxylic acid groups (broad SMARTS) is 1. The number of hydrogen-bond donors (Lipinski definition) is 3. The summed E-state index contributed by atoms with van der Waals surface area (Å²) in [5.41, 5.74) is 1.87. The van der Waals surface area contributed by atoms with Crippen LogP contribution >= 0.6 is 11.6 Å². The van der Waals surface area contributed by atoms with E-state index >= 15 is 0 Å². The highest BCUT2D eigenvalue weighted by Crippen LogP contribution is 2.26. The fraction of sp³-hybridized carbons (Fsp3) is 0.240. The molecule has 194 valence electrons. The lowest BCUT2D eigenvalue weighted by atomic mass is 10.1. The number of likely N-dealkylation sites (N-methyl/N-ethyl adjacent to an activating group) is 1. The van der Waals surface area contributed by atoms with Crippen molar-refractivity contribution in [3.63, 3.8) is 0 Å². The fourth-order valence-corrected chi connectivity index (χ4v) is 5.78. The van der Waals surface area contributed by atoms with Gasteiger partial charge in [0.2, 0.25) is 5.91 Å². The van der Waals surface area contributed by atoms with Gasteiger partial charge < -0.3 is 19.9 Å². The van der Waals surface area contributed by atoms with E-state index in [0.29, 0.717) is 39.4 Å². The van der Waals surface area contributed by atoms with Gasteiger partial charge in [-0.1, -0.05) is 41.9 Å². The minimum atomic E-state index is -4.17. The summed E-state index contributed by atoms with van der Waals surface area (Å²) in [5, 5.41) is 19.0. The standard InChI is InChI=1S/C25H26ClN5O5S/c1-3-10-29(2)24(27)17-6-4-16(5-7-17)13-31-21(25(33)34)14-30(15-23(31)32)37(35,36)22-12-18-11-19(26)8-9-20(18)28-22/h3-9,11-12,21,27-28H,1,10,13-15H2,2H3,(H,33,34)/t21-/m1/s1. The molecule has 1 atom stereocenters. The van der Waals surface area contributed by atoms with Crippen LogP contribution in [0.5, 0.6) is 0 Å². The molecular formula is C25H26ClN5O5S. The molecule has 2 heterocycles. The van der Waals surface area contributed by atoms with E-state index in [0.717, 1.165) is 4.31 Å². The first kappa shape index (κ1) is 26.4. The van der Waals surface area contributed by atoms with Crippen LogP contribution in [0, 0.1) is 5.41 Å². The Balaban J connectivity index is 1.53. The molecule has 3 aromatic rings. The number of carbonyl (C=O) groups excluding carboxylic acids is 1. The molecule has 1 fully saturated rings. The second kappa shape index (κ2) is 10.4. The molecule has 12 heteroatoms. The van der Waals surface area contributed by atoms with Crippen molar-refractivity contribution in [2.75, 3.05) is 26.7 Å². The average molecular weight is 544 g/mol. The second-order valence-electron chi connectivity index (χ2n) is 8.75. The van der Waals surface area contributed by atoms with E-state index in [2.05, 4.69) is 11.6 Å². The SMILES string of the molecule is C=CCN(C)C(=N)c1ccc(CN2C(=O)CN(S(=O)(=O)c3cc4cc(Cl)ccc4[nH]3)C[C@@H]2C(=O)O)cc1. The number of amidine groups is 1. The van der Waals surface area contributed by atoms with Crippen LogP contribution in [-0.4, -0.2) is 83.0 Å². The highest BCUT2D eigenvalue weighted by Gasteiger charge is 2.42. The molecule has 0 aliphatic carbocycles. The topological polar surface area (TPSA) is 138 Å². The average Bonchev–Trinajstić information content (AvgIpc) is 3.29. The normalized spacial score (nSPS) is 16.6. The van der Waals surface area contributed by atoms with Crippen molar-refractivity contribution in [2.45, 2.75) is 17.6 Å². The van der Waals surface area contributed by atoms with E-state index in [1.165, 1.54) is 11.0 Å². The number of aromatic amines is 1. The number of halogens is 1. The number of hydrogen-bond acceptors (Lipinski definition) is 5. The van der Waals surface area contributed by atoms with E-state index in [9.17, 15) is 23.1 Å². The van der Waals surface area contributed by atoms with Crippen LogP contribution in [0.1, 0.15) is 11.1 Å². The van der Waals surface area contributed by atoms with E-state index in [-0.39, 0.29) is 11.6 Å². The Morgan fingerprint density at radius 3 is 2.62 bits per heavy atom. The third kappa shape index (κ3) is 5.38. The molecule has 0 saturated carbocycles. The van der Waals surface area contributed by atoms with Crippen LogP contribution in [0.15, 0.2) is 66.2 Å². The first-order valence-corrected chi connectivity index (χ1v) is 13.1. The maximum absolute atomic E-state index is 13.3. The number of H-pyrrole nitrogens is 1. The molecule has 2 aromatic carbocycles. The predicted octanol–water partition coefficient (Wildman–Crippen LogP) is 2.75. The summed E-state index contributed by atoms with van der Waals surface area (Å²) in [6.45, 7) is 3.28. The Hall–Kier alpha value is -3.67. The number of amides is 1.